The van der Waals surface area contributed by atoms with Crippen LogP contribution in [0.5, 0.6) is 0 Å². The van der Waals surface area contributed by atoms with Gasteiger partial charge in [-0.05, 0) is 12.8 Å². The molecule has 1 atom stereocenters. The number of hydrogen-bond acceptors (Lipinski definition) is 3. The van der Waals surface area contributed by atoms with E-state index < -0.39 is 0 Å². The number of morpholine rings is 1. The van der Waals surface area contributed by atoms with Crippen molar-refractivity contribution >= 4 is 0 Å². The zero-order valence-corrected chi connectivity index (χ0v) is 5.97. The standard InChI is InChI=1S/C7H13NO2/c9-4-6-3-8-7(1-2-7)5-10-6/h6,8-9H,1-5H2/t6-/m0/s1. The fourth-order valence-electron chi connectivity index (χ4n) is 1.31. The topological polar surface area (TPSA) is 41.5 Å². The molecule has 1 aliphatic carbocycles. The van der Waals surface area contributed by atoms with Crippen LogP contribution >= 0.6 is 0 Å². The van der Waals surface area contributed by atoms with E-state index in [0.717, 1.165) is 13.2 Å². The smallest absolute Gasteiger partial charge is 0.0930 e. The van der Waals surface area contributed by atoms with Crippen molar-refractivity contribution in [1.29, 1.82) is 0 Å². The number of aliphatic hydroxyl groups excluding tert-OH is 1. The van der Waals surface area contributed by atoms with E-state index >= 15 is 0 Å². The van der Waals surface area contributed by atoms with Crippen LogP contribution in [0.25, 0.3) is 0 Å². The molecule has 0 aromatic rings. The Labute approximate surface area is 60.4 Å². The van der Waals surface area contributed by atoms with Gasteiger partial charge in [-0.3, -0.25) is 0 Å². The molecule has 0 aromatic heterocycles. The van der Waals surface area contributed by atoms with Crippen LogP contribution < -0.4 is 5.32 Å². The molecule has 2 fully saturated rings. The Morgan fingerprint density at radius 1 is 1.60 bits per heavy atom. The third-order valence-electron chi connectivity index (χ3n) is 2.36. The maximum absolute atomic E-state index is 8.72. The van der Waals surface area contributed by atoms with Gasteiger partial charge in [0, 0.05) is 12.1 Å². The van der Waals surface area contributed by atoms with E-state index in [1.807, 2.05) is 0 Å². The number of ether oxygens (including phenoxy) is 1. The second kappa shape index (κ2) is 2.19. The average molecular weight is 143 g/mol. The van der Waals surface area contributed by atoms with Gasteiger partial charge < -0.3 is 15.2 Å². The van der Waals surface area contributed by atoms with Crippen LogP contribution in [0.15, 0.2) is 0 Å². The van der Waals surface area contributed by atoms with Gasteiger partial charge in [-0.2, -0.15) is 0 Å². The highest BCUT2D eigenvalue weighted by molar-refractivity contribution is 5.04. The van der Waals surface area contributed by atoms with Crippen molar-refractivity contribution in [3.05, 3.63) is 0 Å². The van der Waals surface area contributed by atoms with Crippen molar-refractivity contribution in [2.24, 2.45) is 0 Å². The predicted octanol–water partition coefficient (Wildman–Crippen LogP) is -0.500. The lowest BCUT2D eigenvalue weighted by Crippen LogP contribution is -2.49. The van der Waals surface area contributed by atoms with Gasteiger partial charge in [-0.15, -0.1) is 0 Å². The van der Waals surface area contributed by atoms with Crippen molar-refractivity contribution < 1.29 is 9.84 Å². The molecule has 58 valence electrons. The second-order valence-corrected chi connectivity index (χ2v) is 3.28. The van der Waals surface area contributed by atoms with Crippen molar-refractivity contribution in [3.8, 4) is 0 Å². The Bertz CT molecular complexity index is 124. The van der Waals surface area contributed by atoms with E-state index in [9.17, 15) is 0 Å². The summed E-state index contributed by atoms with van der Waals surface area (Å²) in [6.45, 7) is 1.75. The highest BCUT2D eigenvalue weighted by Crippen LogP contribution is 2.37. The molecule has 0 aromatic carbocycles. The number of nitrogens with one attached hydrogen (secondary N) is 1. The van der Waals surface area contributed by atoms with E-state index in [1.54, 1.807) is 0 Å². The minimum Gasteiger partial charge on any atom is -0.394 e. The summed E-state index contributed by atoms with van der Waals surface area (Å²) in [5.74, 6) is 0. The van der Waals surface area contributed by atoms with Gasteiger partial charge >= 0.3 is 0 Å². The summed E-state index contributed by atoms with van der Waals surface area (Å²) < 4.78 is 5.39. The number of hydrogen-bond donors (Lipinski definition) is 2. The minimum absolute atomic E-state index is 0.0335. The molecule has 3 heteroatoms. The van der Waals surface area contributed by atoms with Gasteiger partial charge in [0.15, 0.2) is 0 Å². The molecule has 3 nitrogen and oxygen atoms in total. The lowest BCUT2D eigenvalue weighted by Gasteiger charge is -2.29. The van der Waals surface area contributed by atoms with E-state index in [4.69, 9.17) is 9.84 Å². The Hall–Kier alpha value is -0.120. The molecule has 1 spiro atoms. The molecule has 1 heterocycles. The molecule has 0 amide bonds. The molecule has 2 N–H and O–H groups in total. The van der Waals surface area contributed by atoms with Gasteiger partial charge in [0.2, 0.25) is 0 Å². The third-order valence-corrected chi connectivity index (χ3v) is 2.36. The molecule has 2 aliphatic rings. The number of rotatable bonds is 1. The first kappa shape index (κ1) is 6.58. The molecule has 1 aliphatic heterocycles. The molecule has 0 radical (unpaired) electrons. The Balaban J connectivity index is 1.84. The molecular formula is C7H13NO2. The van der Waals surface area contributed by atoms with Crippen LogP contribution in [-0.2, 0) is 4.74 Å². The van der Waals surface area contributed by atoms with Crippen LogP contribution in [0, 0.1) is 0 Å². The van der Waals surface area contributed by atoms with E-state index in [0.29, 0.717) is 5.54 Å². The maximum atomic E-state index is 8.72. The maximum Gasteiger partial charge on any atom is 0.0930 e. The van der Waals surface area contributed by atoms with Gasteiger partial charge in [0.25, 0.3) is 0 Å². The van der Waals surface area contributed by atoms with Crippen molar-refractivity contribution in [1.82, 2.24) is 5.32 Å². The first-order valence-corrected chi connectivity index (χ1v) is 3.82. The van der Waals surface area contributed by atoms with Crippen LogP contribution in [0.3, 0.4) is 0 Å². The quantitative estimate of drug-likeness (QED) is 0.520. The highest BCUT2D eigenvalue weighted by atomic mass is 16.5. The lowest BCUT2D eigenvalue weighted by molar-refractivity contribution is -0.0312. The molecule has 1 saturated carbocycles. The average Bonchev–Trinajstić information content (AvgIpc) is 2.72. The van der Waals surface area contributed by atoms with E-state index in [-0.39, 0.29) is 12.7 Å². The SMILES string of the molecule is OC[C@@H]1CNC2(CC2)CO1. The van der Waals surface area contributed by atoms with Gasteiger partial charge in [0.1, 0.15) is 0 Å². The van der Waals surface area contributed by atoms with Gasteiger partial charge in [0.05, 0.1) is 19.3 Å². The van der Waals surface area contributed by atoms with Crippen LogP contribution in [-0.4, -0.2) is 36.5 Å². The fourth-order valence-corrected chi connectivity index (χ4v) is 1.31. The zero-order valence-electron chi connectivity index (χ0n) is 5.97. The van der Waals surface area contributed by atoms with Crippen LogP contribution in [0.2, 0.25) is 0 Å². The molecule has 0 bridgehead atoms. The molecule has 1 saturated heterocycles. The fraction of sp³-hybridized carbons (Fsp3) is 1.00. The summed E-state index contributed by atoms with van der Waals surface area (Å²) in [4.78, 5) is 0. The van der Waals surface area contributed by atoms with Crippen LogP contribution in [0.1, 0.15) is 12.8 Å². The van der Waals surface area contributed by atoms with Crippen molar-refractivity contribution in [3.63, 3.8) is 0 Å². The molecule has 10 heavy (non-hydrogen) atoms. The lowest BCUT2D eigenvalue weighted by atomic mass is 10.2. The molecule has 2 rings (SSSR count). The van der Waals surface area contributed by atoms with Crippen molar-refractivity contribution in [2.75, 3.05) is 19.8 Å². The summed E-state index contributed by atoms with van der Waals surface area (Å²) in [5.41, 5.74) is 0.325. The molecular weight excluding hydrogens is 130 g/mol. The van der Waals surface area contributed by atoms with E-state index in [1.165, 1.54) is 12.8 Å². The first-order chi connectivity index (χ1) is 4.85. The summed E-state index contributed by atoms with van der Waals surface area (Å²) in [5, 5.41) is 12.1. The monoisotopic (exact) mass is 143 g/mol. The zero-order chi connectivity index (χ0) is 7.03. The van der Waals surface area contributed by atoms with Crippen molar-refractivity contribution in [2.45, 2.75) is 24.5 Å². The summed E-state index contributed by atoms with van der Waals surface area (Å²) in [6.07, 6.45) is 2.52. The summed E-state index contributed by atoms with van der Waals surface area (Å²) in [7, 11) is 0. The largest absolute Gasteiger partial charge is 0.394 e. The summed E-state index contributed by atoms with van der Waals surface area (Å²) >= 11 is 0. The normalized spacial score (nSPS) is 36.3. The number of aliphatic hydroxyl groups is 1. The third kappa shape index (κ3) is 1.05. The van der Waals surface area contributed by atoms with Gasteiger partial charge in [-0.1, -0.05) is 0 Å². The Morgan fingerprint density at radius 3 is 2.80 bits per heavy atom. The van der Waals surface area contributed by atoms with Gasteiger partial charge in [-0.25, -0.2) is 0 Å². The molecule has 0 unspecified atom stereocenters. The van der Waals surface area contributed by atoms with Crippen LogP contribution in [0.4, 0.5) is 0 Å². The minimum atomic E-state index is 0.0335. The highest BCUT2D eigenvalue weighted by Gasteiger charge is 2.45. The first-order valence-electron chi connectivity index (χ1n) is 3.82. The Morgan fingerprint density at radius 2 is 2.40 bits per heavy atom. The Kier molecular flexibility index (Phi) is 1.44. The summed E-state index contributed by atoms with van der Waals surface area (Å²) in [6, 6.07) is 0. The second-order valence-electron chi connectivity index (χ2n) is 3.28. The van der Waals surface area contributed by atoms with E-state index in [2.05, 4.69) is 5.32 Å². The predicted molar refractivity (Wildman–Crippen MR) is 36.8 cm³/mol.